The summed E-state index contributed by atoms with van der Waals surface area (Å²) in [5, 5.41) is 1.50. The van der Waals surface area contributed by atoms with E-state index in [1.54, 1.807) is 97.1 Å². The number of benzene rings is 6. The van der Waals surface area contributed by atoms with E-state index in [0.29, 0.717) is 43.7 Å². The van der Waals surface area contributed by atoms with Gasteiger partial charge in [-0.15, -0.1) is 0 Å². The van der Waals surface area contributed by atoms with Crippen LogP contribution in [0, 0.1) is 0 Å². The minimum Gasteiger partial charge on any atom is -0.403 e. The molecule has 12 nitrogen and oxygen atoms in total. The Balaban J connectivity index is 1.01. The van der Waals surface area contributed by atoms with Crippen molar-refractivity contribution in [2.24, 2.45) is 0 Å². The molecule has 6 aromatic carbocycles. The van der Waals surface area contributed by atoms with Gasteiger partial charge in [-0.05, 0) is 72.8 Å². The van der Waals surface area contributed by atoms with Gasteiger partial charge in [-0.2, -0.15) is 0 Å². The standard InChI is InChI=1S/C42H20N4O8/c47-37-25-17-15-21(35-43-31-11-3-1-7-27(31)41(51)53-35)19-29(25)39(49)45(37)33-13-5-10-24-23(33)9-6-14-34(24)46-38(48)26-18-16-22(20-30(26)40(46)50)36-44-32-12-4-2-8-28(32)42(52)54-36/h1-20H. The normalized spacial score (nSPS) is 13.8. The van der Waals surface area contributed by atoms with Crippen LogP contribution in [0.15, 0.2) is 140 Å². The molecule has 0 atom stereocenters. The van der Waals surface area contributed by atoms with Crippen molar-refractivity contribution in [3.63, 3.8) is 0 Å². The lowest BCUT2D eigenvalue weighted by molar-refractivity contribution is 0.0910. The van der Waals surface area contributed by atoms with E-state index < -0.39 is 34.9 Å². The molecule has 0 saturated heterocycles. The Bertz CT molecular complexity index is 2950. The Labute approximate surface area is 302 Å². The van der Waals surface area contributed by atoms with Crippen LogP contribution in [0.1, 0.15) is 41.4 Å². The van der Waals surface area contributed by atoms with Gasteiger partial charge < -0.3 is 8.83 Å². The first kappa shape index (κ1) is 30.9. The second kappa shape index (κ2) is 11.3. The van der Waals surface area contributed by atoms with E-state index in [1.165, 1.54) is 24.3 Å². The number of amides is 4. The highest BCUT2D eigenvalue weighted by Gasteiger charge is 2.40. The number of fused-ring (bicyclic) bond motifs is 5. The Morgan fingerprint density at radius 3 is 1.22 bits per heavy atom. The van der Waals surface area contributed by atoms with Gasteiger partial charge in [0.15, 0.2) is 0 Å². The van der Waals surface area contributed by atoms with Gasteiger partial charge in [0.2, 0.25) is 11.8 Å². The maximum absolute atomic E-state index is 14.0. The second-order valence-corrected chi connectivity index (χ2v) is 12.7. The van der Waals surface area contributed by atoms with E-state index >= 15 is 0 Å². The number of para-hydroxylation sites is 2. The first-order valence-corrected chi connectivity index (χ1v) is 16.6. The number of nitrogens with zero attached hydrogens (tertiary/aromatic N) is 4. The molecule has 256 valence electrons. The average Bonchev–Trinajstić information content (AvgIpc) is 3.60. The van der Waals surface area contributed by atoms with Crippen molar-refractivity contribution >= 4 is 67.6 Å². The SMILES string of the molecule is O=C1c2ccc(-c3nc4ccccc4c(=O)o3)cc2C(=O)N1c1cccc2c(N3C(=O)c4ccc(-c5nc6ccccc6c(=O)o5)cc4C3=O)cccc12. The van der Waals surface area contributed by atoms with Crippen LogP contribution in [0.25, 0.3) is 55.5 Å². The molecular formula is C42H20N4O8. The van der Waals surface area contributed by atoms with E-state index in [4.69, 9.17) is 8.83 Å². The van der Waals surface area contributed by atoms with Gasteiger partial charge in [0.25, 0.3) is 23.6 Å². The highest BCUT2D eigenvalue weighted by atomic mass is 16.4. The fraction of sp³-hybridized carbons (Fsp3) is 0. The third kappa shape index (κ3) is 4.43. The lowest BCUT2D eigenvalue weighted by atomic mass is 10.0. The maximum atomic E-state index is 14.0. The molecule has 0 spiro atoms. The number of hydrogen-bond donors (Lipinski definition) is 0. The van der Waals surface area contributed by atoms with E-state index in [-0.39, 0.29) is 45.4 Å². The van der Waals surface area contributed by atoms with E-state index in [2.05, 4.69) is 9.97 Å². The molecule has 0 unspecified atom stereocenters. The number of rotatable bonds is 4. The van der Waals surface area contributed by atoms with Crippen LogP contribution >= 0.6 is 0 Å². The third-order valence-corrected chi connectivity index (χ3v) is 9.70. The quantitative estimate of drug-likeness (QED) is 0.178. The summed E-state index contributed by atoms with van der Waals surface area (Å²) in [5.41, 5.74) is 1.33. The van der Waals surface area contributed by atoms with Gasteiger partial charge in [0.1, 0.15) is 0 Å². The number of hydrogen-bond acceptors (Lipinski definition) is 10. The van der Waals surface area contributed by atoms with Crippen LogP contribution in [0.4, 0.5) is 11.4 Å². The van der Waals surface area contributed by atoms with Crippen molar-refractivity contribution in [2.45, 2.75) is 0 Å². The third-order valence-electron chi connectivity index (χ3n) is 9.70. The molecule has 2 aliphatic heterocycles. The number of anilines is 2. The largest absolute Gasteiger partial charge is 0.403 e. The van der Waals surface area contributed by atoms with Crippen molar-refractivity contribution in [1.82, 2.24) is 9.97 Å². The first-order chi connectivity index (χ1) is 26.3. The molecule has 8 aromatic rings. The topological polar surface area (TPSA) is 161 Å². The summed E-state index contributed by atoms with van der Waals surface area (Å²) in [6.45, 7) is 0. The molecule has 0 saturated carbocycles. The van der Waals surface area contributed by atoms with Crippen molar-refractivity contribution in [3.05, 3.63) is 164 Å². The minimum atomic E-state index is -0.611. The first-order valence-electron chi connectivity index (χ1n) is 16.6. The molecule has 0 radical (unpaired) electrons. The Hall–Kier alpha value is -7.86. The van der Waals surface area contributed by atoms with Gasteiger partial charge >= 0.3 is 11.3 Å². The zero-order valence-electron chi connectivity index (χ0n) is 27.6. The van der Waals surface area contributed by atoms with Crippen LogP contribution in [-0.4, -0.2) is 33.6 Å². The molecule has 2 aliphatic rings. The van der Waals surface area contributed by atoms with Crippen LogP contribution in [0.3, 0.4) is 0 Å². The Morgan fingerprint density at radius 1 is 0.389 bits per heavy atom. The summed E-state index contributed by atoms with van der Waals surface area (Å²) < 4.78 is 10.9. The molecule has 0 fully saturated rings. The van der Waals surface area contributed by atoms with Gasteiger partial charge in [0.05, 0.1) is 55.4 Å². The molecule has 10 rings (SSSR count). The van der Waals surface area contributed by atoms with Gasteiger partial charge in [-0.25, -0.2) is 29.4 Å². The fourth-order valence-electron chi connectivity index (χ4n) is 7.14. The predicted octanol–water partition coefficient (Wildman–Crippen LogP) is 6.78. The molecular weight excluding hydrogens is 688 g/mol. The molecule has 0 bridgehead atoms. The molecule has 0 aliphatic carbocycles. The lowest BCUT2D eigenvalue weighted by Crippen LogP contribution is -2.30. The highest BCUT2D eigenvalue weighted by molar-refractivity contribution is 6.38. The van der Waals surface area contributed by atoms with E-state index in [9.17, 15) is 28.8 Å². The number of carbonyl (C=O) groups is 4. The lowest BCUT2D eigenvalue weighted by Gasteiger charge is -2.20. The van der Waals surface area contributed by atoms with E-state index in [1.807, 2.05) is 0 Å². The Kier molecular flexibility index (Phi) is 6.48. The molecule has 12 heteroatoms. The number of aromatic nitrogens is 2. The monoisotopic (exact) mass is 708 g/mol. The summed E-state index contributed by atoms with van der Waals surface area (Å²) in [5.74, 6) is -2.37. The van der Waals surface area contributed by atoms with Crippen LogP contribution in [0.2, 0.25) is 0 Å². The summed E-state index contributed by atoms with van der Waals surface area (Å²) in [6, 6.07) is 32.4. The average molecular weight is 709 g/mol. The highest BCUT2D eigenvalue weighted by Crippen LogP contribution is 2.40. The predicted molar refractivity (Wildman–Crippen MR) is 198 cm³/mol. The zero-order chi connectivity index (χ0) is 36.8. The maximum Gasteiger partial charge on any atom is 0.347 e. The van der Waals surface area contributed by atoms with Gasteiger partial charge in [0, 0.05) is 21.9 Å². The molecule has 4 heterocycles. The summed E-state index contributed by atoms with van der Waals surface area (Å²) in [6.07, 6.45) is 0. The Morgan fingerprint density at radius 2 is 0.778 bits per heavy atom. The summed E-state index contributed by atoms with van der Waals surface area (Å²) in [4.78, 5) is 91.9. The van der Waals surface area contributed by atoms with Crippen molar-refractivity contribution in [2.75, 3.05) is 9.80 Å². The molecule has 0 N–H and O–H groups in total. The molecule has 2 aromatic heterocycles. The van der Waals surface area contributed by atoms with Gasteiger partial charge in [-0.3, -0.25) is 19.2 Å². The number of carbonyl (C=O) groups excluding carboxylic acids is 4. The smallest absolute Gasteiger partial charge is 0.347 e. The van der Waals surface area contributed by atoms with Gasteiger partial charge in [-0.1, -0.05) is 48.5 Å². The van der Waals surface area contributed by atoms with Crippen molar-refractivity contribution < 1.29 is 28.0 Å². The minimum absolute atomic E-state index is 0.00106. The van der Waals surface area contributed by atoms with Crippen molar-refractivity contribution in [1.29, 1.82) is 0 Å². The zero-order valence-corrected chi connectivity index (χ0v) is 27.6. The number of imide groups is 2. The summed E-state index contributed by atoms with van der Waals surface area (Å²) in [7, 11) is 0. The van der Waals surface area contributed by atoms with Crippen LogP contribution in [-0.2, 0) is 0 Å². The summed E-state index contributed by atoms with van der Waals surface area (Å²) >= 11 is 0. The van der Waals surface area contributed by atoms with Crippen molar-refractivity contribution in [3.8, 4) is 22.9 Å². The van der Waals surface area contributed by atoms with Crippen LogP contribution < -0.4 is 21.1 Å². The second-order valence-electron chi connectivity index (χ2n) is 12.7. The van der Waals surface area contributed by atoms with E-state index in [0.717, 1.165) is 9.80 Å². The van der Waals surface area contributed by atoms with Crippen LogP contribution in [0.5, 0.6) is 0 Å². The fourth-order valence-corrected chi connectivity index (χ4v) is 7.14. The molecule has 4 amide bonds. The molecule has 54 heavy (non-hydrogen) atoms.